The van der Waals surface area contributed by atoms with Crippen LogP contribution in [0.3, 0.4) is 0 Å². The molecule has 1 saturated heterocycles. The summed E-state index contributed by atoms with van der Waals surface area (Å²) in [5.41, 5.74) is 0.962. The highest BCUT2D eigenvalue weighted by molar-refractivity contribution is 5.81. The third kappa shape index (κ3) is 4.73. The van der Waals surface area contributed by atoms with Gasteiger partial charge in [0.15, 0.2) is 0 Å². The number of ether oxygens (including phenoxy) is 1. The number of aryl methyl sites for hydroxylation is 1. The Morgan fingerprint density at radius 1 is 1.09 bits per heavy atom. The Kier molecular flexibility index (Phi) is 5.46. The van der Waals surface area contributed by atoms with Crippen molar-refractivity contribution in [1.82, 2.24) is 9.80 Å². The van der Waals surface area contributed by atoms with Gasteiger partial charge in [-0.2, -0.15) is 0 Å². The van der Waals surface area contributed by atoms with E-state index in [0.29, 0.717) is 6.61 Å². The Labute approximate surface area is 134 Å². The van der Waals surface area contributed by atoms with Gasteiger partial charge in [0.1, 0.15) is 12.4 Å². The Morgan fingerprint density at radius 2 is 1.68 bits per heavy atom. The second-order valence-corrected chi connectivity index (χ2v) is 7.05. The van der Waals surface area contributed by atoms with Crippen molar-refractivity contribution in [3.05, 3.63) is 29.8 Å². The molecule has 122 valence electrons. The zero-order valence-electron chi connectivity index (χ0n) is 14.3. The molecule has 0 spiro atoms. The fourth-order valence-corrected chi connectivity index (χ4v) is 2.58. The normalized spacial score (nSPS) is 16.6. The molecule has 1 aliphatic rings. The first kappa shape index (κ1) is 16.8. The lowest BCUT2D eigenvalue weighted by molar-refractivity contribution is -0.141. The molecule has 1 aliphatic heterocycles. The highest BCUT2D eigenvalue weighted by Crippen LogP contribution is 2.18. The van der Waals surface area contributed by atoms with Gasteiger partial charge in [-0.25, -0.2) is 0 Å². The molecule has 1 amide bonds. The molecule has 0 unspecified atom stereocenters. The molecule has 0 saturated carbocycles. The molecule has 1 fully saturated rings. The lowest BCUT2D eigenvalue weighted by atomic mass is 9.94. The second-order valence-electron chi connectivity index (χ2n) is 7.05. The predicted octanol–water partition coefficient (Wildman–Crippen LogP) is 2.56. The van der Waals surface area contributed by atoms with E-state index in [1.54, 1.807) is 0 Å². The van der Waals surface area contributed by atoms with E-state index in [1.165, 1.54) is 5.56 Å². The first-order valence-corrected chi connectivity index (χ1v) is 8.07. The molecule has 22 heavy (non-hydrogen) atoms. The summed E-state index contributed by atoms with van der Waals surface area (Å²) in [6.45, 7) is 13.1. The van der Waals surface area contributed by atoms with Gasteiger partial charge in [-0.3, -0.25) is 9.69 Å². The first-order valence-electron chi connectivity index (χ1n) is 8.07. The molecule has 0 N–H and O–H groups in total. The standard InChI is InChI=1S/C18H28N2O2/c1-15-5-7-16(8-6-15)22-14-13-19-9-11-20(12-10-19)17(21)18(2,3)4/h5-8H,9-14H2,1-4H3. The summed E-state index contributed by atoms with van der Waals surface area (Å²) in [6, 6.07) is 8.14. The molecule has 1 heterocycles. The molecule has 0 atom stereocenters. The topological polar surface area (TPSA) is 32.8 Å². The molecule has 1 aromatic rings. The third-order valence-corrected chi connectivity index (χ3v) is 4.00. The molecule has 0 radical (unpaired) electrons. The Bertz CT molecular complexity index is 483. The maximum Gasteiger partial charge on any atom is 0.228 e. The van der Waals surface area contributed by atoms with E-state index in [4.69, 9.17) is 4.74 Å². The van der Waals surface area contributed by atoms with E-state index in [2.05, 4.69) is 24.0 Å². The van der Waals surface area contributed by atoms with Gasteiger partial charge in [0.05, 0.1) is 0 Å². The van der Waals surface area contributed by atoms with Crippen LogP contribution in [0.5, 0.6) is 5.75 Å². The van der Waals surface area contributed by atoms with Gasteiger partial charge in [-0.05, 0) is 19.1 Å². The minimum absolute atomic E-state index is 0.253. The number of hydrogen-bond donors (Lipinski definition) is 0. The Hall–Kier alpha value is -1.55. The van der Waals surface area contributed by atoms with E-state index >= 15 is 0 Å². The van der Waals surface area contributed by atoms with Gasteiger partial charge in [0, 0.05) is 38.1 Å². The minimum Gasteiger partial charge on any atom is -0.492 e. The predicted molar refractivity (Wildman–Crippen MR) is 89.1 cm³/mol. The summed E-state index contributed by atoms with van der Waals surface area (Å²) in [5.74, 6) is 1.18. The Morgan fingerprint density at radius 3 is 2.23 bits per heavy atom. The maximum atomic E-state index is 12.2. The second kappa shape index (κ2) is 7.14. The van der Waals surface area contributed by atoms with Crippen LogP contribution in [0.4, 0.5) is 0 Å². The summed E-state index contributed by atoms with van der Waals surface area (Å²) in [4.78, 5) is 16.6. The monoisotopic (exact) mass is 304 g/mol. The maximum absolute atomic E-state index is 12.2. The molecular weight excluding hydrogens is 276 g/mol. The highest BCUT2D eigenvalue weighted by Gasteiger charge is 2.29. The number of benzene rings is 1. The van der Waals surface area contributed by atoms with Gasteiger partial charge < -0.3 is 9.64 Å². The summed E-state index contributed by atoms with van der Waals surface area (Å²) in [5, 5.41) is 0. The molecular formula is C18H28N2O2. The van der Waals surface area contributed by atoms with Gasteiger partial charge in [-0.1, -0.05) is 38.5 Å². The van der Waals surface area contributed by atoms with Crippen LogP contribution < -0.4 is 4.74 Å². The Balaban J connectivity index is 1.69. The van der Waals surface area contributed by atoms with Crippen molar-refractivity contribution in [1.29, 1.82) is 0 Å². The van der Waals surface area contributed by atoms with Crippen LogP contribution in [0.15, 0.2) is 24.3 Å². The van der Waals surface area contributed by atoms with Crippen LogP contribution in [0, 0.1) is 12.3 Å². The SMILES string of the molecule is Cc1ccc(OCCN2CCN(C(=O)C(C)(C)C)CC2)cc1. The quantitative estimate of drug-likeness (QED) is 0.857. The highest BCUT2D eigenvalue weighted by atomic mass is 16.5. The van der Waals surface area contributed by atoms with Crippen molar-refractivity contribution < 1.29 is 9.53 Å². The molecule has 2 rings (SSSR count). The molecule has 0 aromatic heterocycles. The van der Waals surface area contributed by atoms with Crippen molar-refractivity contribution in [2.24, 2.45) is 5.41 Å². The van der Waals surface area contributed by atoms with E-state index in [9.17, 15) is 4.79 Å². The summed E-state index contributed by atoms with van der Waals surface area (Å²) in [7, 11) is 0. The van der Waals surface area contributed by atoms with Crippen molar-refractivity contribution in [2.45, 2.75) is 27.7 Å². The molecule has 0 bridgehead atoms. The van der Waals surface area contributed by atoms with Crippen molar-refractivity contribution >= 4 is 5.91 Å². The molecule has 1 aromatic carbocycles. The fourth-order valence-electron chi connectivity index (χ4n) is 2.58. The van der Waals surface area contributed by atoms with Gasteiger partial charge in [0.25, 0.3) is 0 Å². The van der Waals surface area contributed by atoms with Crippen molar-refractivity contribution in [3.63, 3.8) is 0 Å². The number of nitrogens with zero attached hydrogens (tertiary/aromatic N) is 2. The van der Waals surface area contributed by atoms with Gasteiger partial charge in [0.2, 0.25) is 5.91 Å². The number of piperazine rings is 1. The van der Waals surface area contributed by atoms with Gasteiger partial charge in [-0.15, -0.1) is 0 Å². The zero-order chi connectivity index (χ0) is 16.2. The van der Waals surface area contributed by atoms with Crippen LogP contribution >= 0.6 is 0 Å². The number of rotatable bonds is 4. The first-order chi connectivity index (χ1) is 10.4. The number of carbonyl (C=O) groups excluding carboxylic acids is 1. The van der Waals surface area contributed by atoms with Crippen LogP contribution in [-0.4, -0.2) is 55.0 Å². The van der Waals surface area contributed by atoms with Gasteiger partial charge >= 0.3 is 0 Å². The average molecular weight is 304 g/mol. The third-order valence-electron chi connectivity index (χ3n) is 4.00. The lowest BCUT2D eigenvalue weighted by Crippen LogP contribution is -2.52. The summed E-state index contributed by atoms with van der Waals surface area (Å²) in [6.07, 6.45) is 0. The van der Waals surface area contributed by atoms with E-state index in [1.807, 2.05) is 37.8 Å². The number of carbonyl (C=O) groups is 1. The zero-order valence-corrected chi connectivity index (χ0v) is 14.3. The van der Waals surface area contributed by atoms with E-state index < -0.39 is 0 Å². The lowest BCUT2D eigenvalue weighted by Gasteiger charge is -2.37. The summed E-state index contributed by atoms with van der Waals surface area (Å²) < 4.78 is 5.77. The summed E-state index contributed by atoms with van der Waals surface area (Å²) >= 11 is 0. The van der Waals surface area contributed by atoms with E-state index in [0.717, 1.165) is 38.5 Å². The smallest absolute Gasteiger partial charge is 0.228 e. The number of hydrogen-bond acceptors (Lipinski definition) is 3. The largest absolute Gasteiger partial charge is 0.492 e. The molecule has 4 heteroatoms. The van der Waals surface area contributed by atoms with E-state index in [-0.39, 0.29) is 11.3 Å². The van der Waals surface area contributed by atoms with Crippen LogP contribution in [0.1, 0.15) is 26.3 Å². The molecule has 0 aliphatic carbocycles. The average Bonchev–Trinajstić information content (AvgIpc) is 2.48. The fraction of sp³-hybridized carbons (Fsp3) is 0.611. The van der Waals surface area contributed by atoms with Crippen LogP contribution in [0.25, 0.3) is 0 Å². The van der Waals surface area contributed by atoms with Crippen molar-refractivity contribution in [2.75, 3.05) is 39.3 Å². The van der Waals surface area contributed by atoms with Crippen LogP contribution in [0.2, 0.25) is 0 Å². The van der Waals surface area contributed by atoms with Crippen LogP contribution in [-0.2, 0) is 4.79 Å². The minimum atomic E-state index is -0.281. The molecule has 4 nitrogen and oxygen atoms in total. The van der Waals surface area contributed by atoms with Crippen molar-refractivity contribution in [3.8, 4) is 5.75 Å². The number of amides is 1.